The number of nitrogens with two attached hydrogens (primary N) is 1. The van der Waals surface area contributed by atoms with Gasteiger partial charge in [-0.05, 0) is 36.1 Å². The third-order valence-corrected chi connectivity index (χ3v) is 3.30. The van der Waals surface area contributed by atoms with Gasteiger partial charge in [0.05, 0.1) is 0 Å². The van der Waals surface area contributed by atoms with Crippen molar-refractivity contribution in [3.05, 3.63) is 70.8 Å². The molecule has 2 aromatic carbocycles. The predicted molar refractivity (Wildman–Crippen MR) is 72.8 cm³/mol. The number of halogens is 2. The molecule has 0 aliphatic heterocycles. The molecule has 0 aromatic heterocycles. The van der Waals surface area contributed by atoms with Crippen molar-refractivity contribution in [3.63, 3.8) is 0 Å². The van der Waals surface area contributed by atoms with Crippen LogP contribution in [-0.4, -0.2) is 0 Å². The topological polar surface area (TPSA) is 26.0 Å². The highest BCUT2D eigenvalue weighted by Gasteiger charge is 2.14. The molecule has 0 bridgehead atoms. The fraction of sp³-hybridized carbons (Fsp3) is 0.250. The first-order valence-corrected chi connectivity index (χ1v) is 6.39. The lowest BCUT2D eigenvalue weighted by molar-refractivity contribution is 0.540. The van der Waals surface area contributed by atoms with E-state index in [9.17, 15) is 8.78 Å². The SMILES string of the molecule is CCc1ccc(C(N)Cc2c(F)cccc2F)cc1. The van der Waals surface area contributed by atoms with E-state index in [0.29, 0.717) is 0 Å². The van der Waals surface area contributed by atoms with Crippen LogP contribution in [0.5, 0.6) is 0 Å². The summed E-state index contributed by atoms with van der Waals surface area (Å²) in [6.45, 7) is 2.07. The van der Waals surface area contributed by atoms with Crippen molar-refractivity contribution in [3.8, 4) is 0 Å². The summed E-state index contributed by atoms with van der Waals surface area (Å²) in [6, 6.07) is 11.3. The molecule has 0 amide bonds. The van der Waals surface area contributed by atoms with Crippen LogP contribution in [0.15, 0.2) is 42.5 Å². The lowest BCUT2D eigenvalue weighted by Gasteiger charge is -2.14. The van der Waals surface area contributed by atoms with Gasteiger partial charge in [0, 0.05) is 11.6 Å². The highest BCUT2D eigenvalue weighted by Crippen LogP contribution is 2.21. The van der Waals surface area contributed by atoms with Gasteiger partial charge in [0.2, 0.25) is 0 Å². The number of aryl methyl sites for hydroxylation is 1. The van der Waals surface area contributed by atoms with Crippen molar-refractivity contribution < 1.29 is 8.78 Å². The molecule has 0 aliphatic rings. The summed E-state index contributed by atoms with van der Waals surface area (Å²) in [5.74, 6) is -1.08. The molecule has 2 N–H and O–H groups in total. The summed E-state index contributed by atoms with van der Waals surface area (Å²) < 4.78 is 27.1. The Balaban J connectivity index is 2.18. The monoisotopic (exact) mass is 261 g/mol. The van der Waals surface area contributed by atoms with E-state index in [4.69, 9.17) is 5.73 Å². The molecule has 0 saturated heterocycles. The maximum absolute atomic E-state index is 13.5. The zero-order chi connectivity index (χ0) is 13.8. The molecular formula is C16H17F2N. The van der Waals surface area contributed by atoms with E-state index in [2.05, 4.69) is 6.92 Å². The van der Waals surface area contributed by atoms with Crippen LogP contribution in [0.3, 0.4) is 0 Å². The minimum Gasteiger partial charge on any atom is -0.324 e. The maximum atomic E-state index is 13.5. The van der Waals surface area contributed by atoms with E-state index in [1.165, 1.54) is 23.8 Å². The Hall–Kier alpha value is -1.74. The molecule has 0 radical (unpaired) electrons. The smallest absolute Gasteiger partial charge is 0.129 e. The molecule has 0 aliphatic carbocycles. The Bertz CT molecular complexity index is 529. The summed E-state index contributed by atoms with van der Waals surface area (Å²) in [5, 5.41) is 0. The quantitative estimate of drug-likeness (QED) is 0.890. The minimum atomic E-state index is -0.541. The van der Waals surface area contributed by atoms with Crippen molar-refractivity contribution in [2.75, 3.05) is 0 Å². The largest absolute Gasteiger partial charge is 0.324 e. The van der Waals surface area contributed by atoms with Gasteiger partial charge in [-0.3, -0.25) is 0 Å². The second kappa shape index (κ2) is 5.93. The van der Waals surface area contributed by atoms with E-state index in [1.54, 1.807) is 0 Å². The molecule has 0 fully saturated rings. The Kier molecular flexibility index (Phi) is 4.27. The molecule has 1 atom stereocenters. The van der Waals surface area contributed by atoms with Crippen LogP contribution in [0, 0.1) is 11.6 Å². The van der Waals surface area contributed by atoms with Crippen LogP contribution in [0.2, 0.25) is 0 Å². The van der Waals surface area contributed by atoms with Gasteiger partial charge >= 0.3 is 0 Å². The van der Waals surface area contributed by atoms with Gasteiger partial charge in [-0.1, -0.05) is 37.3 Å². The number of hydrogen-bond donors (Lipinski definition) is 1. The zero-order valence-electron chi connectivity index (χ0n) is 10.9. The van der Waals surface area contributed by atoms with Crippen molar-refractivity contribution in [1.29, 1.82) is 0 Å². The first-order chi connectivity index (χ1) is 9.11. The average Bonchev–Trinajstić information content (AvgIpc) is 2.43. The fourth-order valence-corrected chi connectivity index (χ4v) is 2.07. The molecule has 1 unspecified atom stereocenters. The maximum Gasteiger partial charge on any atom is 0.129 e. The van der Waals surface area contributed by atoms with E-state index in [-0.39, 0.29) is 12.0 Å². The molecule has 3 heteroatoms. The van der Waals surface area contributed by atoms with Crippen molar-refractivity contribution in [1.82, 2.24) is 0 Å². The van der Waals surface area contributed by atoms with Crippen LogP contribution < -0.4 is 5.73 Å². The van der Waals surface area contributed by atoms with Crippen molar-refractivity contribution >= 4 is 0 Å². The standard InChI is InChI=1S/C16H17F2N/c1-2-11-6-8-12(9-7-11)16(19)10-13-14(17)4-3-5-15(13)18/h3-9,16H,2,10,19H2,1H3. The van der Waals surface area contributed by atoms with Gasteiger partial charge in [0.15, 0.2) is 0 Å². The van der Waals surface area contributed by atoms with Crippen LogP contribution in [-0.2, 0) is 12.8 Å². The summed E-state index contributed by atoms with van der Waals surface area (Å²) in [7, 11) is 0. The van der Waals surface area contributed by atoms with Crippen LogP contribution in [0.4, 0.5) is 8.78 Å². The predicted octanol–water partition coefficient (Wildman–Crippen LogP) is 3.77. The molecule has 0 spiro atoms. The van der Waals surface area contributed by atoms with Gasteiger partial charge in [-0.25, -0.2) is 8.78 Å². The molecule has 2 aromatic rings. The van der Waals surface area contributed by atoms with E-state index in [1.807, 2.05) is 24.3 Å². The second-order valence-electron chi connectivity index (χ2n) is 4.61. The molecular weight excluding hydrogens is 244 g/mol. The van der Waals surface area contributed by atoms with E-state index >= 15 is 0 Å². The van der Waals surface area contributed by atoms with Crippen LogP contribution >= 0.6 is 0 Å². The highest BCUT2D eigenvalue weighted by molar-refractivity contribution is 5.28. The molecule has 0 saturated carbocycles. The Morgan fingerprint density at radius 2 is 1.58 bits per heavy atom. The average molecular weight is 261 g/mol. The first-order valence-electron chi connectivity index (χ1n) is 6.39. The fourth-order valence-electron chi connectivity index (χ4n) is 2.07. The summed E-state index contributed by atoms with van der Waals surface area (Å²) in [6.07, 6.45) is 1.11. The number of rotatable bonds is 4. The molecule has 1 nitrogen and oxygen atoms in total. The van der Waals surface area contributed by atoms with Gasteiger partial charge in [0.25, 0.3) is 0 Å². The summed E-state index contributed by atoms with van der Waals surface area (Å²) in [4.78, 5) is 0. The normalized spacial score (nSPS) is 12.4. The van der Waals surface area contributed by atoms with Crippen LogP contribution in [0.1, 0.15) is 29.7 Å². The van der Waals surface area contributed by atoms with Gasteiger partial charge < -0.3 is 5.73 Å². The van der Waals surface area contributed by atoms with Gasteiger partial charge in [-0.15, -0.1) is 0 Å². The van der Waals surface area contributed by atoms with Crippen LogP contribution in [0.25, 0.3) is 0 Å². The van der Waals surface area contributed by atoms with E-state index < -0.39 is 17.7 Å². The third kappa shape index (κ3) is 3.18. The Morgan fingerprint density at radius 3 is 2.11 bits per heavy atom. The lowest BCUT2D eigenvalue weighted by atomic mass is 9.98. The molecule has 19 heavy (non-hydrogen) atoms. The van der Waals surface area contributed by atoms with Crippen molar-refractivity contribution in [2.45, 2.75) is 25.8 Å². The Labute approximate surface area is 112 Å². The van der Waals surface area contributed by atoms with Gasteiger partial charge in [-0.2, -0.15) is 0 Å². The second-order valence-corrected chi connectivity index (χ2v) is 4.61. The van der Waals surface area contributed by atoms with E-state index in [0.717, 1.165) is 12.0 Å². The number of hydrogen-bond acceptors (Lipinski definition) is 1. The molecule has 100 valence electrons. The lowest BCUT2D eigenvalue weighted by Crippen LogP contribution is -2.15. The molecule has 0 heterocycles. The minimum absolute atomic E-state index is 0.0505. The zero-order valence-corrected chi connectivity index (χ0v) is 10.9. The number of benzene rings is 2. The third-order valence-electron chi connectivity index (χ3n) is 3.30. The summed E-state index contributed by atoms with van der Waals surface area (Å²) in [5.41, 5.74) is 8.18. The van der Waals surface area contributed by atoms with Crippen molar-refractivity contribution in [2.24, 2.45) is 5.73 Å². The highest BCUT2D eigenvalue weighted by atomic mass is 19.1. The molecule has 2 rings (SSSR count). The van der Waals surface area contributed by atoms with Gasteiger partial charge in [0.1, 0.15) is 11.6 Å². The summed E-state index contributed by atoms with van der Waals surface area (Å²) >= 11 is 0. The Morgan fingerprint density at radius 1 is 1.00 bits per heavy atom. The first kappa shape index (κ1) is 13.7.